The topological polar surface area (TPSA) is 70.5 Å². The summed E-state index contributed by atoms with van der Waals surface area (Å²) in [5, 5.41) is 0. The van der Waals surface area contributed by atoms with E-state index in [1.165, 1.54) is 7.11 Å². The second-order valence-electron chi connectivity index (χ2n) is 4.49. The first-order valence-electron chi connectivity index (χ1n) is 7.87. The van der Waals surface area contributed by atoms with Crippen LogP contribution >= 0.6 is 0 Å². The molecule has 2 rings (SSSR count). The summed E-state index contributed by atoms with van der Waals surface area (Å²) in [4.78, 5) is 20.0. The molecule has 24 heavy (non-hydrogen) atoms. The highest BCUT2D eigenvalue weighted by molar-refractivity contribution is 5.89. The molecular weight excluding hydrogens is 308 g/mol. The summed E-state index contributed by atoms with van der Waals surface area (Å²) in [5.41, 5.74) is 2.27. The van der Waals surface area contributed by atoms with Gasteiger partial charge in [-0.05, 0) is 24.6 Å². The molecule has 0 saturated heterocycles. The van der Waals surface area contributed by atoms with Gasteiger partial charge in [-0.15, -0.1) is 0 Å². The molecule has 0 aliphatic rings. The number of nitrogens with zero attached hydrogens (tertiary/aromatic N) is 2. The summed E-state index contributed by atoms with van der Waals surface area (Å²) < 4.78 is 15.2. The lowest BCUT2D eigenvalue weighted by atomic mass is 10.0. The van der Waals surface area contributed by atoms with Crippen LogP contribution in [0.25, 0.3) is 0 Å². The van der Waals surface area contributed by atoms with E-state index in [0.717, 1.165) is 11.1 Å². The van der Waals surface area contributed by atoms with Gasteiger partial charge < -0.3 is 14.2 Å². The molecule has 0 amide bonds. The van der Waals surface area contributed by atoms with Crippen LogP contribution in [0.5, 0.6) is 11.9 Å². The number of benzene rings is 1. The van der Waals surface area contributed by atoms with E-state index in [4.69, 9.17) is 14.2 Å². The van der Waals surface area contributed by atoms with E-state index in [0.29, 0.717) is 24.5 Å². The summed E-state index contributed by atoms with van der Waals surface area (Å²) in [6, 6.07) is 7.51. The van der Waals surface area contributed by atoms with E-state index >= 15 is 0 Å². The molecule has 1 heterocycles. The molecule has 0 atom stereocenters. The minimum Gasteiger partial charge on any atom is -0.481 e. The van der Waals surface area contributed by atoms with Crippen LogP contribution in [0, 0.1) is 0 Å². The Morgan fingerprint density at radius 3 is 2.54 bits per heavy atom. The van der Waals surface area contributed by atoms with Crippen LogP contribution in [0.3, 0.4) is 0 Å². The molecule has 6 heteroatoms. The van der Waals surface area contributed by atoms with Crippen LogP contribution in [-0.4, -0.2) is 36.8 Å². The normalized spacial score (nSPS) is 9.54. The van der Waals surface area contributed by atoms with E-state index in [1.807, 2.05) is 26.0 Å². The van der Waals surface area contributed by atoms with E-state index in [2.05, 4.69) is 9.97 Å². The second-order valence-corrected chi connectivity index (χ2v) is 4.49. The molecule has 0 saturated carbocycles. The summed E-state index contributed by atoms with van der Waals surface area (Å²) in [6.45, 7) is 6.13. The molecule has 0 radical (unpaired) electrons. The van der Waals surface area contributed by atoms with Crippen LogP contribution in [0.15, 0.2) is 30.5 Å². The van der Waals surface area contributed by atoms with E-state index in [9.17, 15) is 4.79 Å². The van der Waals surface area contributed by atoms with Crippen LogP contribution in [-0.2, 0) is 11.2 Å². The first-order chi connectivity index (χ1) is 11.7. The Labute approximate surface area is 142 Å². The highest BCUT2D eigenvalue weighted by Crippen LogP contribution is 2.21. The molecule has 1 aromatic heterocycles. The molecule has 0 unspecified atom stereocenters. The maximum atomic E-state index is 11.8. The monoisotopic (exact) mass is 332 g/mol. The van der Waals surface area contributed by atoms with Gasteiger partial charge in [-0.1, -0.05) is 26.0 Å². The van der Waals surface area contributed by atoms with Gasteiger partial charge in [0, 0.05) is 18.2 Å². The van der Waals surface area contributed by atoms with Crippen LogP contribution < -0.4 is 9.47 Å². The summed E-state index contributed by atoms with van der Waals surface area (Å²) in [7, 11) is 3.04. The Morgan fingerprint density at radius 1 is 1.17 bits per heavy atom. The maximum Gasteiger partial charge on any atom is 0.338 e. The Bertz CT molecular complexity index is 659. The summed E-state index contributed by atoms with van der Waals surface area (Å²) in [5.74, 6) is 0.121. The summed E-state index contributed by atoms with van der Waals surface area (Å²) >= 11 is 0. The molecule has 130 valence electrons. The third-order valence-corrected chi connectivity index (χ3v) is 3.01. The lowest BCUT2D eigenvalue weighted by molar-refractivity contribution is 0.0526. The zero-order chi connectivity index (χ0) is 17.9. The van der Waals surface area contributed by atoms with E-state index in [-0.39, 0.29) is 12.0 Å². The molecule has 0 fully saturated rings. The molecule has 0 aliphatic carbocycles. The minimum absolute atomic E-state index is 0.251. The predicted octanol–water partition coefficient (Wildman–Crippen LogP) is 3.29. The number of hydrogen-bond acceptors (Lipinski definition) is 6. The molecule has 0 bridgehead atoms. The maximum absolute atomic E-state index is 11.8. The van der Waals surface area contributed by atoms with Crippen LogP contribution in [0.4, 0.5) is 0 Å². The molecule has 1 aromatic carbocycles. The second kappa shape index (κ2) is 10.2. The van der Waals surface area contributed by atoms with Crippen molar-refractivity contribution in [1.82, 2.24) is 9.97 Å². The molecule has 2 aromatic rings. The third-order valence-electron chi connectivity index (χ3n) is 3.01. The highest BCUT2D eigenvalue weighted by Gasteiger charge is 2.11. The Balaban J connectivity index is 0.00000139. The van der Waals surface area contributed by atoms with Gasteiger partial charge in [0.25, 0.3) is 0 Å². The van der Waals surface area contributed by atoms with Gasteiger partial charge in [0.2, 0.25) is 5.88 Å². The molecule has 0 N–H and O–H groups in total. The largest absolute Gasteiger partial charge is 0.481 e. The van der Waals surface area contributed by atoms with Crippen molar-refractivity contribution in [3.05, 3.63) is 47.2 Å². The zero-order valence-corrected chi connectivity index (χ0v) is 14.8. The number of rotatable bonds is 6. The van der Waals surface area contributed by atoms with Crippen molar-refractivity contribution in [3.8, 4) is 11.9 Å². The number of esters is 1. The van der Waals surface area contributed by atoms with Crippen molar-refractivity contribution in [2.75, 3.05) is 20.8 Å². The fraction of sp³-hybridized carbons (Fsp3) is 0.389. The van der Waals surface area contributed by atoms with Crippen LogP contribution in [0.2, 0.25) is 0 Å². The number of aromatic nitrogens is 2. The van der Waals surface area contributed by atoms with Gasteiger partial charge in [-0.2, -0.15) is 4.98 Å². The van der Waals surface area contributed by atoms with Crippen molar-refractivity contribution >= 4 is 5.97 Å². The smallest absolute Gasteiger partial charge is 0.338 e. The van der Waals surface area contributed by atoms with Crippen molar-refractivity contribution in [2.24, 2.45) is 0 Å². The molecule has 6 nitrogen and oxygen atoms in total. The Kier molecular flexibility index (Phi) is 8.25. The van der Waals surface area contributed by atoms with Gasteiger partial charge in [0.1, 0.15) is 0 Å². The highest BCUT2D eigenvalue weighted by atomic mass is 16.5. The summed E-state index contributed by atoms with van der Waals surface area (Å²) in [6.07, 6.45) is 2.20. The van der Waals surface area contributed by atoms with Crippen LogP contribution in [0.1, 0.15) is 42.3 Å². The lowest BCUT2D eigenvalue weighted by Gasteiger charge is -2.09. The standard InChI is InChI=1S/C16H18N2O4.C2H6/c1-4-22-15(19)12-7-5-6-11(8-12)9-13-10-17-16(21-3)18-14(13)20-2;1-2/h5-8,10H,4,9H2,1-3H3;1-2H3. The fourth-order valence-electron chi connectivity index (χ4n) is 2.01. The van der Waals surface area contributed by atoms with E-state index < -0.39 is 0 Å². The quantitative estimate of drug-likeness (QED) is 0.756. The van der Waals surface area contributed by atoms with Crippen molar-refractivity contribution in [1.29, 1.82) is 0 Å². The van der Waals surface area contributed by atoms with Gasteiger partial charge >= 0.3 is 12.0 Å². The molecule has 0 aliphatic heterocycles. The number of hydrogen-bond donors (Lipinski definition) is 0. The molecule has 0 spiro atoms. The Morgan fingerprint density at radius 2 is 1.92 bits per heavy atom. The van der Waals surface area contributed by atoms with Crippen molar-refractivity contribution in [3.63, 3.8) is 0 Å². The SMILES string of the molecule is CC.CCOC(=O)c1cccc(Cc2cnc(OC)nc2OC)c1. The third kappa shape index (κ3) is 5.22. The fourth-order valence-corrected chi connectivity index (χ4v) is 2.01. The number of carbonyl (C=O) groups excluding carboxylic acids is 1. The Hall–Kier alpha value is -2.63. The van der Waals surface area contributed by atoms with Gasteiger partial charge in [0.05, 0.1) is 26.4 Å². The van der Waals surface area contributed by atoms with E-state index in [1.54, 1.807) is 32.4 Å². The van der Waals surface area contributed by atoms with Crippen molar-refractivity contribution < 1.29 is 19.0 Å². The number of methoxy groups -OCH3 is 2. The average molecular weight is 332 g/mol. The first kappa shape index (κ1) is 19.4. The van der Waals surface area contributed by atoms with Crippen molar-refractivity contribution in [2.45, 2.75) is 27.2 Å². The number of carbonyl (C=O) groups is 1. The van der Waals surface area contributed by atoms with Gasteiger partial charge in [-0.3, -0.25) is 0 Å². The minimum atomic E-state index is -0.331. The van der Waals surface area contributed by atoms with Gasteiger partial charge in [-0.25, -0.2) is 9.78 Å². The molecular formula is C18H24N2O4. The average Bonchev–Trinajstić information content (AvgIpc) is 2.64. The lowest BCUT2D eigenvalue weighted by Crippen LogP contribution is -2.05. The van der Waals surface area contributed by atoms with Gasteiger partial charge in [0.15, 0.2) is 0 Å². The first-order valence-corrected chi connectivity index (χ1v) is 7.87. The number of ether oxygens (including phenoxy) is 3. The zero-order valence-electron chi connectivity index (χ0n) is 14.8. The predicted molar refractivity (Wildman–Crippen MR) is 91.7 cm³/mol.